The summed E-state index contributed by atoms with van der Waals surface area (Å²) in [6.45, 7) is 4.13. The van der Waals surface area contributed by atoms with E-state index >= 15 is 0 Å². The fourth-order valence-corrected chi connectivity index (χ4v) is 3.94. The van der Waals surface area contributed by atoms with E-state index in [4.69, 9.17) is 0 Å². The molecule has 1 aliphatic rings. The average molecular weight is 429 g/mol. The molecule has 4 rings (SSSR count). The van der Waals surface area contributed by atoms with Crippen LogP contribution in [0.5, 0.6) is 0 Å². The van der Waals surface area contributed by atoms with Crippen LogP contribution in [0, 0.1) is 17.2 Å². The summed E-state index contributed by atoms with van der Waals surface area (Å²) in [6.07, 6.45) is 1.29. The van der Waals surface area contributed by atoms with E-state index in [2.05, 4.69) is 44.1 Å². The van der Waals surface area contributed by atoms with Gasteiger partial charge in [-0.25, -0.2) is 15.0 Å². The van der Waals surface area contributed by atoms with Gasteiger partial charge in [0.15, 0.2) is 0 Å². The Morgan fingerprint density at radius 2 is 2.00 bits per heavy atom. The second-order valence-corrected chi connectivity index (χ2v) is 7.96. The Labute approximate surface area is 177 Å². The number of halogens is 3. The van der Waals surface area contributed by atoms with Crippen LogP contribution >= 0.6 is 0 Å². The molecule has 10 heteroatoms. The fourth-order valence-electron chi connectivity index (χ4n) is 3.94. The Balaban J connectivity index is 1.68. The highest BCUT2D eigenvalue weighted by atomic mass is 19.4. The molecule has 0 saturated carbocycles. The number of nitriles is 1. The summed E-state index contributed by atoms with van der Waals surface area (Å²) in [4.78, 5) is 17.8. The summed E-state index contributed by atoms with van der Waals surface area (Å²) in [5, 5.41) is 13.1. The minimum absolute atomic E-state index is 0.121. The van der Waals surface area contributed by atoms with E-state index in [-0.39, 0.29) is 22.7 Å². The molecular formula is C21H22F3N7. The molecular weight excluding hydrogens is 407 g/mol. The van der Waals surface area contributed by atoms with Crippen molar-refractivity contribution in [2.45, 2.75) is 32.0 Å². The van der Waals surface area contributed by atoms with Crippen LogP contribution < -0.4 is 5.32 Å². The highest BCUT2D eigenvalue weighted by molar-refractivity contribution is 5.94. The Hall–Kier alpha value is -3.19. The van der Waals surface area contributed by atoms with Gasteiger partial charge in [0.2, 0.25) is 5.95 Å². The van der Waals surface area contributed by atoms with Crippen LogP contribution in [0.1, 0.15) is 30.9 Å². The monoisotopic (exact) mass is 429 g/mol. The molecule has 31 heavy (non-hydrogen) atoms. The molecule has 1 aliphatic heterocycles. The lowest BCUT2D eigenvalue weighted by atomic mass is 9.90. The number of hydrogen-bond donors (Lipinski definition) is 2. The summed E-state index contributed by atoms with van der Waals surface area (Å²) in [5.74, 6) is 0.806. The molecule has 0 amide bonds. The van der Waals surface area contributed by atoms with E-state index in [1.165, 1.54) is 12.4 Å². The molecule has 7 nitrogen and oxygen atoms in total. The molecule has 0 spiro atoms. The zero-order valence-electron chi connectivity index (χ0n) is 17.2. The van der Waals surface area contributed by atoms with Gasteiger partial charge >= 0.3 is 6.18 Å². The number of aromatic nitrogens is 4. The standard InChI is InChI=1S/C21H22F3N7/c1-12(13-3-5-31(2)6-4-13)29-20-28-9-14(8-25)18(30-20)17-11-27-19-16(17)7-15(10-26-19)21(22,23)24/h7,9-13H,3-6H2,1-2H3,(H,26,27)(H,28,29,30). The predicted molar refractivity (Wildman–Crippen MR) is 110 cm³/mol. The van der Waals surface area contributed by atoms with Crippen LogP contribution in [0.15, 0.2) is 24.7 Å². The maximum atomic E-state index is 13.2. The SMILES string of the molecule is CC(Nc1ncc(C#N)c(-c2c[nH]c3ncc(C(F)(F)F)cc23)n1)C1CCN(C)CC1. The number of likely N-dealkylation sites (tertiary alicyclic amines) is 1. The first-order valence-electron chi connectivity index (χ1n) is 10.0. The topological polar surface area (TPSA) is 93.5 Å². The van der Waals surface area contributed by atoms with Crippen molar-refractivity contribution in [1.82, 2.24) is 24.8 Å². The number of alkyl halides is 3. The minimum Gasteiger partial charge on any atom is -0.351 e. The first-order valence-corrected chi connectivity index (χ1v) is 10.0. The van der Waals surface area contributed by atoms with E-state index in [0.29, 0.717) is 23.1 Å². The second-order valence-electron chi connectivity index (χ2n) is 7.96. The van der Waals surface area contributed by atoms with E-state index in [1.807, 2.05) is 6.07 Å². The molecule has 2 N–H and O–H groups in total. The molecule has 1 fully saturated rings. The van der Waals surface area contributed by atoms with Gasteiger partial charge in [-0.3, -0.25) is 0 Å². The number of rotatable bonds is 4. The van der Waals surface area contributed by atoms with Crippen LogP contribution in [0.3, 0.4) is 0 Å². The van der Waals surface area contributed by atoms with Crippen LogP contribution in [-0.4, -0.2) is 51.0 Å². The van der Waals surface area contributed by atoms with Crippen molar-refractivity contribution in [3.8, 4) is 17.3 Å². The van der Waals surface area contributed by atoms with Crippen LogP contribution in [0.4, 0.5) is 19.1 Å². The van der Waals surface area contributed by atoms with E-state index < -0.39 is 11.7 Å². The van der Waals surface area contributed by atoms with Gasteiger partial charge in [0, 0.05) is 29.4 Å². The zero-order chi connectivity index (χ0) is 22.2. The minimum atomic E-state index is -4.52. The van der Waals surface area contributed by atoms with Gasteiger partial charge in [-0.15, -0.1) is 0 Å². The molecule has 0 aliphatic carbocycles. The molecule has 1 saturated heterocycles. The zero-order valence-corrected chi connectivity index (χ0v) is 17.2. The first kappa shape index (κ1) is 21.1. The molecule has 0 aromatic carbocycles. The van der Waals surface area contributed by atoms with Gasteiger partial charge in [0.05, 0.1) is 23.0 Å². The van der Waals surface area contributed by atoms with Crippen molar-refractivity contribution in [3.05, 3.63) is 35.8 Å². The van der Waals surface area contributed by atoms with Gasteiger partial charge in [-0.2, -0.15) is 18.4 Å². The number of pyridine rings is 1. The maximum absolute atomic E-state index is 13.2. The number of aromatic amines is 1. The van der Waals surface area contributed by atoms with Crippen molar-refractivity contribution in [2.75, 3.05) is 25.5 Å². The summed E-state index contributed by atoms with van der Waals surface area (Å²) in [5.41, 5.74) is 0.253. The van der Waals surface area contributed by atoms with E-state index in [0.717, 1.165) is 38.2 Å². The van der Waals surface area contributed by atoms with Crippen molar-refractivity contribution in [2.24, 2.45) is 5.92 Å². The molecule has 3 aromatic rings. The van der Waals surface area contributed by atoms with Crippen LogP contribution in [0.2, 0.25) is 0 Å². The molecule has 0 radical (unpaired) electrons. The molecule has 3 aromatic heterocycles. The maximum Gasteiger partial charge on any atom is 0.417 e. The number of H-pyrrole nitrogens is 1. The number of nitrogens with zero attached hydrogens (tertiary/aromatic N) is 5. The molecule has 162 valence electrons. The summed E-state index contributed by atoms with van der Waals surface area (Å²) in [6, 6.07) is 3.17. The van der Waals surface area contributed by atoms with E-state index in [1.54, 1.807) is 0 Å². The molecule has 0 bridgehead atoms. The molecule has 1 atom stereocenters. The summed E-state index contributed by atoms with van der Waals surface area (Å²) < 4.78 is 39.5. The third-order valence-corrected chi connectivity index (χ3v) is 5.85. The van der Waals surface area contributed by atoms with Crippen LogP contribution in [0.25, 0.3) is 22.3 Å². The Morgan fingerprint density at radius 1 is 1.26 bits per heavy atom. The number of nitrogens with one attached hydrogen (secondary N) is 2. The summed E-state index contributed by atoms with van der Waals surface area (Å²) in [7, 11) is 2.10. The lowest BCUT2D eigenvalue weighted by Crippen LogP contribution is -2.37. The normalized spacial score (nSPS) is 16.9. The van der Waals surface area contributed by atoms with Gasteiger partial charge < -0.3 is 15.2 Å². The Kier molecular flexibility index (Phi) is 5.54. The van der Waals surface area contributed by atoms with E-state index in [9.17, 15) is 18.4 Å². The first-order chi connectivity index (χ1) is 14.8. The highest BCUT2D eigenvalue weighted by Gasteiger charge is 2.32. The second kappa shape index (κ2) is 8.15. The van der Waals surface area contributed by atoms with Gasteiger partial charge in [0.1, 0.15) is 11.7 Å². The van der Waals surface area contributed by atoms with Gasteiger partial charge in [0.25, 0.3) is 0 Å². The Bertz CT molecular complexity index is 1120. The summed E-state index contributed by atoms with van der Waals surface area (Å²) >= 11 is 0. The lowest BCUT2D eigenvalue weighted by molar-refractivity contribution is -0.137. The number of piperidine rings is 1. The third-order valence-electron chi connectivity index (χ3n) is 5.85. The van der Waals surface area contributed by atoms with Crippen molar-refractivity contribution in [1.29, 1.82) is 5.26 Å². The quantitative estimate of drug-likeness (QED) is 0.650. The Morgan fingerprint density at radius 3 is 2.68 bits per heavy atom. The molecule has 4 heterocycles. The van der Waals surface area contributed by atoms with Gasteiger partial charge in [-0.1, -0.05) is 0 Å². The largest absolute Gasteiger partial charge is 0.417 e. The lowest BCUT2D eigenvalue weighted by Gasteiger charge is -2.33. The third kappa shape index (κ3) is 4.32. The van der Waals surface area contributed by atoms with Crippen molar-refractivity contribution >= 4 is 17.0 Å². The number of fused-ring (bicyclic) bond motifs is 1. The number of anilines is 1. The van der Waals surface area contributed by atoms with Gasteiger partial charge in [-0.05, 0) is 51.9 Å². The average Bonchev–Trinajstić information content (AvgIpc) is 3.16. The van der Waals surface area contributed by atoms with Crippen molar-refractivity contribution in [3.63, 3.8) is 0 Å². The fraction of sp³-hybridized carbons (Fsp3) is 0.429. The smallest absolute Gasteiger partial charge is 0.351 e. The van der Waals surface area contributed by atoms with Crippen molar-refractivity contribution < 1.29 is 13.2 Å². The highest BCUT2D eigenvalue weighted by Crippen LogP contribution is 2.35. The molecule has 1 unspecified atom stereocenters. The number of hydrogen-bond acceptors (Lipinski definition) is 6. The predicted octanol–water partition coefficient (Wildman–Crippen LogP) is 4.05. The van der Waals surface area contributed by atoms with Crippen LogP contribution in [-0.2, 0) is 6.18 Å².